The zero-order chi connectivity index (χ0) is 13.8. The second-order valence-electron chi connectivity index (χ2n) is 3.77. The van der Waals surface area contributed by atoms with E-state index in [1.165, 1.54) is 10.8 Å². The van der Waals surface area contributed by atoms with Gasteiger partial charge in [0.25, 0.3) is 11.7 Å². The zero-order valence-corrected chi connectivity index (χ0v) is 10.1. The van der Waals surface area contributed by atoms with Crippen LogP contribution in [0.15, 0.2) is 12.4 Å². The maximum absolute atomic E-state index is 11.9. The molecule has 2 rings (SSSR count). The molecule has 2 heterocycles. The van der Waals surface area contributed by atoms with E-state index in [2.05, 4.69) is 25.7 Å². The van der Waals surface area contributed by atoms with E-state index in [9.17, 15) is 13.6 Å². The fraction of sp³-hybridized carbons (Fsp3) is 0.400. The van der Waals surface area contributed by atoms with Crippen LogP contribution < -0.4 is 10.6 Å². The van der Waals surface area contributed by atoms with Crippen LogP contribution in [0.25, 0.3) is 5.78 Å². The Labute approximate surface area is 107 Å². The largest absolute Gasteiger partial charge is 0.368 e. The van der Waals surface area contributed by atoms with E-state index in [1.807, 2.05) is 0 Å². The molecule has 0 saturated heterocycles. The summed E-state index contributed by atoms with van der Waals surface area (Å²) in [6.45, 7) is 2.18. The van der Waals surface area contributed by atoms with Gasteiger partial charge in [-0.25, -0.2) is 4.98 Å². The lowest BCUT2D eigenvalue weighted by Crippen LogP contribution is -2.33. The predicted molar refractivity (Wildman–Crippen MR) is 63.0 cm³/mol. The number of carbonyl (C=O) groups is 1. The first-order valence-electron chi connectivity index (χ1n) is 5.55. The molecule has 0 aliphatic rings. The van der Waals surface area contributed by atoms with Gasteiger partial charge in [0.05, 0.1) is 0 Å². The van der Waals surface area contributed by atoms with E-state index in [-0.39, 0.29) is 13.1 Å². The van der Waals surface area contributed by atoms with E-state index < -0.39 is 12.3 Å². The van der Waals surface area contributed by atoms with Crippen molar-refractivity contribution >= 4 is 17.5 Å². The van der Waals surface area contributed by atoms with Gasteiger partial charge in [0.2, 0.25) is 0 Å². The summed E-state index contributed by atoms with van der Waals surface area (Å²) in [7, 11) is 0. The number of hydrogen-bond donors (Lipinski definition) is 2. The Morgan fingerprint density at radius 1 is 1.47 bits per heavy atom. The average molecular weight is 270 g/mol. The number of aromatic nitrogens is 4. The van der Waals surface area contributed by atoms with E-state index >= 15 is 0 Å². The number of nitrogens with one attached hydrogen (secondary N) is 2. The summed E-state index contributed by atoms with van der Waals surface area (Å²) in [5.41, 5.74) is 0.750. The number of nitrogens with zero attached hydrogens (tertiary/aromatic N) is 4. The molecule has 0 atom stereocenters. The molecule has 2 aromatic heterocycles. The van der Waals surface area contributed by atoms with Gasteiger partial charge < -0.3 is 10.6 Å². The zero-order valence-electron chi connectivity index (χ0n) is 10.1. The number of aryl methyl sites for hydroxylation is 1. The number of anilines is 1. The number of rotatable bonds is 5. The van der Waals surface area contributed by atoms with Crippen LogP contribution in [-0.4, -0.2) is 45.0 Å². The molecule has 2 aromatic rings. The molecule has 0 aliphatic heterocycles. The molecule has 0 aromatic carbocycles. The fourth-order valence-corrected chi connectivity index (χ4v) is 1.51. The van der Waals surface area contributed by atoms with Gasteiger partial charge in [-0.2, -0.15) is 23.4 Å². The smallest absolute Gasteiger partial charge is 0.315 e. The lowest BCUT2D eigenvalue weighted by molar-refractivity contribution is -0.131. The van der Waals surface area contributed by atoms with Crippen LogP contribution in [0.3, 0.4) is 0 Å². The van der Waals surface area contributed by atoms with Crippen molar-refractivity contribution in [3.8, 4) is 0 Å². The lowest BCUT2D eigenvalue weighted by Gasteiger charge is -2.09. The highest BCUT2D eigenvalue weighted by Gasteiger charge is 2.13. The maximum Gasteiger partial charge on any atom is 0.315 e. The second-order valence-corrected chi connectivity index (χ2v) is 3.77. The summed E-state index contributed by atoms with van der Waals surface area (Å²) in [6.07, 6.45) is -1.63. The maximum atomic E-state index is 11.9. The Morgan fingerprint density at radius 2 is 2.26 bits per heavy atom. The number of amides is 1. The minimum atomic E-state index is -3.00. The van der Waals surface area contributed by atoms with Gasteiger partial charge in [0, 0.05) is 24.8 Å². The van der Waals surface area contributed by atoms with Crippen LogP contribution >= 0.6 is 0 Å². The van der Waals surface area contributed by atoms with Crippen LogP contribution in [0, 0.1) is 6.92 Å². The highest BCUT2D eigenvalue weighted by atomic mass is 19.3. The number of hydrogen-bond acceptors (Lipinski definition) is 5. The Kier molecular flexibility index (Phi) is 3.83. The van der Waals surface area contributed by atoms with Crippen LogP contribution in [0.4, 0.5) is 14.6 Å². The molecule has 9 heteroatoms. The van der Waals surface area contributed by atoms with Crippen molar-refractivity contribution in [2.45, 2.75) is 13.3 Å². The summed E-state index contributed by atoms with van der Waals surface area (Å²) in [5, 5.41) is 9.04. The van der Waals surface area contributed by atoms with Gasteiger partial charge in [-0.3, -0.25) is 4.79 Å². The van der Waals surface area contributed by atoms with Gasteiger partial charge in [0.1, 0.15) is 12.1 Å². The van der Waals surface area contributed by atoms with Crippen LogP contribution in [0.1, 0.15) is 5.69 Å². The molecule has 0 bridgehead atoms. The molecule has 0 fully saturated rings. The summed E-state index contributed by atoms with van der Waals surface area (Å²) in [4.78, 5) is 18.8. The van der Waals surface area contributed by atoms with E-state index in [0.717, 1.165) is 5.69 Å². The van der Waals surface area contributed by atoms with Crippen LogP contribution in [0.2, 0.25) is 0 Å². The van der Waals surface area contributed by atoms with Gasteiger partial charge in [-0.1, -0.05) is 0 Å². The molecule has 0 saturated carbocycles. The first-order valence-corrected chi connectivity index (χ1v) is 5.55. The predicted octanol–water partition coefficient (Wildman–Crippen LogP) is 0.226. The quantitative estimate of drug-likeness (QED) is 0.760. The Hall–Kier alpha value is -2.32. The Balaban J connectivity index is 1.94. The number of halogens is 2. The first-order chi connectivity index (χ1) is 9.08. The lowest BCUT2D eigenvalue weighted by atomic mass is 10.4. The normalized spacial score (nSPS) is 10.9. The molecular formula is C10H12F2N6O. The van der Waals surface area contributed by atoms with Crippen molar-refractivity contribution in [1.29, 1.82) is 0 Å². The highest BCUT2D eigenvalue weighted by molar-refractivity contribution is 5.79. The highest BCUT2D eigenvalue weighted by Crippen LogP contribution is 2.09. The van der Waals surface area contributed by atoms with Gasteiger partial charge in [0.15, 0.2) is 0 Å². The molecule has 0 aliphatic carbocycles. The molecule has 2 N–H and O–H groups in total. The molecule has 19 heavy (non-hydrogen) atoms. The van der Waals surface area contributed by atoms with Gasteiger partial charge in [-0.05, 0) is 6.92 Å². The molecule has 0 spiro atoms. The Morgan fingerprint density at radius 3 is 3.00 bits per heavy atom. The Bertz CT molecular complexity index is 584. The van der Waals surface area contributed by atoms with Crippen LogP contribution in [-0.2, 0) is 4.79 Å². The van der Waals surface area contributed by atoms with Crippen molar-refractivity contribution in [3.63, 3.8) is 0 Å². The third-order valence-electron chi connectivity index (χ3n) is 2.31. The minimum absolute atomic E-state index is 0.0841. The summed E-state index contributed by atoms with van der Waals surface area (Å²) < 4.78 is 25.4. The van der Waals surface area contributed by atoms with Crippen molar-refractivity contribution in [3.05, 3.63) is 18.1 Å². The fourth-order valence-electron chi connectivity index (χ4n) is 1.51. The van der Waals surface area contributed by atoms with E-state index in [0.29, 0.717) is 11.6 Å². The molecule has 0 unspecified atom stereocenters. The van der Waals surface area contributed by atoms with Crippen molar-refractivity contribution < 1.29 is 13.6 Å². The number of alkyl halides is 2. The summed E-state index contributed by atoms with van der Waals surface area (Å²) in [5.74, 6) is -0.205. The third kappa shape index (κ3) is 3.12. The minimum Gasteiger partial charge on any atom is -0.368 e. The SMILES string of the molecule is Cc1cc(NCCNC(=O)C(F)F)n2ncnc2n1. The molecule has 0 radical (unpaired) electrons. The van der Waals surface area contributed by atoms with E-state index in [1.54, 1.807) is 13.0 Å². The van der Waals surface area contributed by atoms with Gasteiger partial charge in [-0.15, -0.1) is 0 Å². The van der Waals surface area contributed by atoms with Crippen molar-refractivity contribution in [2.75, 3.05) is 18.4 Å². The summed E-state index contributed by atoms with van der Waals surface area (Å²) >= 11 is 0. The van der Waals surface area contributed by atoms with Crippen LogP contribution in [0.5, 0.6) is 0 Å². The number of carbonyl (C=O) groups excluding carboxylic acids is 1. The molecule has 1 amide bonds. The van der Waals surface area contributed by atoms with Crippen molar-refractivity contribution in [1.82, 2.24) is 24.9 Å². The topological polar surface area (TPSA) is 84.2 Å². The van der Waals surface area contributed by atoms with Crippen molar-refractivity contribution in [2.24, 2.45) is 0 Å². The van der Waals surface area contributed by atoms with E-state index in [4.69, 9.17) is 0 Å². The van der Waals surface area contributed by atoms with Gasteiger partial charge >= 0.3 is 6.43 Å². The number of fused-ring (bicyclic) bond motifs is 1. The molecule has 102 valence electrons. The molecular weight excluding hydrogens is 258 g/mol. The summed E-state index contributed by atoms with van der Waals surface area (Å²) in [6, 6.07) is 1.75. The third-order valence-corrected chi connectivity index (χ3v) is 2.31. The first kappa shape index (κ1) is 13.1. The standard InChI is InChI=1S/C10H12F2N6O/c1-6-4-7(18-10(17-6)15-5-16-18)13-2-3-14-9(19)8(11)12/h4-5,8,13H,2-3H2,1H3,(H,14,19). The second kappa shape index (κ2) is 5.55. The monoisotopic (exact) mass is 270 g/mol. The average Bonchev–Trinajstić information content (AvgIpc) is 2.81. The molecule has 7 nitrogen and oxygen atoms in total.